The van der Waals surface area contributed by atoms with E-state index in [1.165, 1.54) is 7.11 Å². The largest absolute Gasteiger partial charge is 0.469 e. The van der Waals surface area contributed by atoms with Crippen LogP contribution in [0.5, 0.6) is 0 Å². The van der Waals surface area contributed by atoms with Crippen LogP contribution < -0.4 is 0 Å². The zero-order chi connectivity index (χ0) is 12.0. The van der Waals surface area contributed by atoms with Crippen LogP contribution in [0.2, 0.25) is 0 Å². The number of carbonyl (C=O) groups is 1. The van der Waals surface area contributed by atoms with Crippen LogP contribution in [0, 0.1) is 11.8 Å². The minimum atomic E-state index is -0.254. The minimum Gasteiger partial charge on any atom is -0.469 e. The van der Waals surface area contributed by atoms with E-state index in [1.54, 1.807) is 0 Å². The summed E-state index contributed by atoms with van der Waals surface area (Å²) >= 11 is 0. The molecular weight excluding hydrogens is 204 g/mol. The fraction of sp³-hybridized carbons (Fsp3) is 0.769. The second kappa shape index (κ2) is 6.69. The molecule has 3 atom stereocenters. The van der Waals surface area contributed by atoms with E-state index >= 15 is 0 Å². The van der Waals surface area contributed by atoms with E-state index in [0.717, 1.165) is 25.7 Å². The van der Waals surface area contributed by atoms with Crippen molar-refractivity contribution in [2.75, 3.05) is 7.11 Å². The van der Waals surface area contributed by atoms with Crippen molar-refractivity contribution < 1.29 is 14.6 Å². The molecular formula is C13H22O3. The predicted molar refractivity (Wildman–Crippen MR) is 62.9 cm³/mol. The zero-order valence-corrected chi connectivity index (χ0v) is 10.2. The summed E-state index contributed by atoms with van der Waals surface area (Å²) in [4.78, 5) is 11.2. The Hall–Kier alpha value is -0.830. The molecule has 0 aromatic carbocycles. The van der Waals surface area contributed by atoms with E-state index in [-0.39, 0.29) is 23.9 Å². The minimum absolute atomic E-state index is 0.163. The monoisotopic (exact) mass is 226 g/mol. The van der Waals surface area contributed by atoms with Crippen molar-refractivity contribution in [2.24, 2.45) is 11.8 Å². The summed E-state index contributed by atoms with van der Waals surface area (Å²) in [5.74, 6) is 0.342. The number of rotatable bonds is 5. The highest BCUT2D eigenvalue weighted by Gasteiger charge is 2.35. The molecule has 1 fully saturated rings. The van der Waals surface area contributed by atoms with E-state index in [2.05, 4.69) is 23.8 Å². The summed E-state index contributed by atoms with van der Waals surface area (Å²) < 4.78 is 4.68. The molecule has 1 aliphatic carbocycles. The molecule has 3 heteroatoms. The summed E-state index contributed by atoms with van der Waals surface area (Å²) in [6, 6.07) is 0. The highest BCUT2D eigenvalue weighted by molar-refractivity contribution is 5.69. The first-order valence-corrected chi connectivity index (χ1v) is 6.08. The van der Waals surface area contributed by atoms with Gasteiger partial charge in [0.2, 0.25) is 0 Å². The second-order valence-electron chi connectivity index (χ2n) is 4.46. The van der Waals surface area contributed by atoms with Gasteiger partial charge >= 0.3 is 5.97 Å². The number of aliphatic hydroxyl groups is 1. The fourth-order valence-electron chi connectivity index (χ4n) is 2.45. The highest BCUT2D eigenvalue weighted by atomic mass is 16.5. The van der Waals surface area contributed by atoms with Gasteiger partial charge in [-0.05, 0) is 37.5 Å². The molecule has 0 amide bonds. The van der Waals surface area contributed by atoms with Gasteiger partial charge in [0.1, 0.15) is 0 Å². The third-order valence-electron chi connectivity index (χ3n) is 3.40. The second-order valence-corrected chi connectivity index (χ2v) is 4.46. The van der Waals surface area contributed by atoms with Crippen molar-refractivity contribution in [1.29, 1.82) is 0 Å². The molecule has 1 aliphatic rings. The van der Waals surface area contributed by atoms with E-state index in [0.29, 0.717) is 6.42 Å². The van der Waals surface area contributed by atoms with Gasteiger partial charge in [-0.2, -0.15) is 0 Å². The summed E-state index contributed by atoms with van der Waals surface area (Å²) in [5.41, 5.74) is 0. The van der Waals surface area contributed by atoms with Crippen LogP contribution in [0.25, 0.3) is 0 Å². The summed E-state index contributed by atoms with van der Waals surface area (Å²) in [6.45, 7) is 2.09. The Morgan fingerprint density at radius 1 is 1.44 bits per heavy atom. The molecule has 0 bridgehead atoms. The van der Waals surface area contributed by atoms with Crippen LogP contribution in [0.15, 0.2) is 12.2 Å². The van der Waals surface area contributed by atoms with Crippen molar-refractivity contribution in [3.05, 3.63) is 12.2 Å². The summed E-state index contributed by atoms with van der Waals surface area (Å²) in [5, 5.41) is 9.86. The lowest BCUT2D eigenvalue weighted by atomic mass is 9.89. The van der Waals surface area contributed by atoms with Crippen LogP contribution in [0.1, 0.15) is 39.0 Å². The zero-order valence-electron chi connectivity index (χ0n) is 10.2. The maximum absolute atomic E-state index is 11.2. The van der Waals surface area contributed by atoms with Crippen LogP contribution in [0.3, 0.4) is 0 Å². The molecule has 0 radical (unpaired) electrons. The Morgan fingerprint density at radius 2 is 2.19 bits per heavy atom. The number of methoxy groups -OCH3 is 1. The van der Waals surface area contributed by atoms with Crippen LogP contribution >= 0.6 is 0 Å². The first kappa shape index (κ1) is 13.2. The quantitative estimate of drug-likeness (QED) is 0.578. The standard InChI is InChI=1S/C13H22O3/c1-3-4-5-6-11-10(7-8-12(11)14)9-13(15)16-2/h4-5,10-12,14H,3,6-9H2,1-2H3/b5-4-/t10-,11+,12+/m1/s1. The number of hydrogen-bond acceptors (Lipinski definition) is 3. The molecule has 1 rings (SSSR count). The molecule has 0 heterocycles. The summed E-state index contributed by atoms with van der Waals surface area (Å²) in [6.07, 6.45) is 8.05. The van der Waals surface area contributed by atoms with Gasteiger partial charge in [-0.25, -0.2) is 0 Å². The van der Waals surface area contributed by atoms with Crippen molar-refractivity contribution in [2.45, 2.75) is 45.1 Å². The molecule has 3 nitrogen and oxygen atoms in total. The Kier molecular flexibility index (Phi) is 5.53. The van der Waals surface area contributed by atoms with Crippen molar-refractivity contribution in [1.82, 2.24) is 0 Å². The normalized spacial score (nSPS) is 29.8. The van der Waals surface area contributed by atoms with Gasteiger partial charge in [-0.15, -0.1) is 0 Å². The third kappa shape index (κ3) is 3.63. The molecule has 0 aliphatic heterocycles. The van der Waals surface area contributed by atoms with Gasteiger partial charge in [-0.1, -0.05) is 19.1 Å². The van der Waals surface area contributed by atoms with Gasteiger partial charge in [0.25, 0.3) is 0 Å². The topological polar surface area (TPSA) is 46.5 Å². The van der Waals surface area contributed by atoms with E-state index in [4.69, 9.17) is 0 Å². The molecule has 0 aromatic heterocycles. The Balaban J connectivity index is 2.48. The van der Waals surface area contributed by atoms with Crippen LogP contribution in [-0.4, -0.2) is 24.3 Å². The molecule has 0 saturated heterocycles. The molecule has 1 saturated carbocycles. The van der Waals surface area contributed by atoms with Crippen molar-refractivity contribution in [3.63, 3.8) is 0 Å². The third-order valence-corrected chi connectivity index (χ3v) is 3.40. The van der Waals surface area contributed by atoms with Gasteiger partial charge in [0.05, 0.1) is 13.2 Å². The van der Waals surface area contributed by atoms with Crippen molar-refractivity contribution >= 4 is 5.97 Å². The molecule has 16 heavy (non-hydrogen) atoms. The Morgan fingerprint density at radius 3 is 2.81 bits per heavy atom. The molecule has 92 valence electrons. The molecule has 1 N–H and O–H groups in total. The number of allylic oxidation sites excluding steroid dienone is 2. The number of aliphatic hydroxyl groups excluding tert-OH is 1. The number of esters is 1. The van der Waals surface area contributed by atoms with Crippen molar-refractivity contribution in [3.8, 4) is 0 Å². The number of hydrogen-bond donors (Lipinski definition) is 1. The lowest BCUT2D eigenvalue weighted by Crippen LogP contribution is -2.21. The Bertz CT molecular complexity index is 248. The SMILES string of the molecule is CC/C=C\C[C@H]1[C@@H](CC(=O)OC)CC[C@@H]1O. The number of carbonyl (C=O) groups excluding carboxylic acids is 1. The average Bonchev–Trinajstić information content (AvgIpc) is 2.61. The average molecular weight is 226 g/mol. The number of ether oxygens (including phenoxy) is 1. The van der Waals surface area contributed by atoms with Gasteiger partial charge < -0.3 is 9.84 Å². The predicted octanol–water partition coefficient (Wildman–Crippen LogP) is 2.29. The first-order valence-electron chi connectivity index (χ1n) is 6.08. The van der Waals surface area contributed by atoms with Gasteiger partial charge in [-0.3, -0.25) is 4.79 Å². The lowest BCUT2D eigenvalue weighted by molar-refractivity contribution is -0.142. The van der Waals surface area contributed by atoms with Crippen LogP contribution in [-0.2, 0) is 9.53 Å². The van der Waals surface area contributed by atoms with Gasteiger partial charge in [0.15, 0.2) is 0 Å². The Labute approximate surface area is 97.5 Å². The molecule has 0 aromatic rings. The first-order chi connectivity index (χ1) is 7.69. The smallest absolute Gasteiger partial charge is 0.305 e. The summed E-state index contributed by atoms with van der Waals surface area (Å²) in [7, 11) is 1.42. The molecule has 0 unspecified atom stereocenters. The maximum Gasteiger partial charge on any atom is 0.305 e. The molecule has 0 spiro atoms. The van der Waals surface area contributed by atoms with E-state index in [9.17, 15) is 9.90 Å². The highest BCUT2D eigenvalue weighted by Crippen LogP contribution is 2.37. The van der Waals surface area contributed by atoms with E-state index < -0.39 is 0 Å². The van der Waals surface area contributed by atoms with Gasteiger partial charge in [0, 0.05) is 6.42 Å². The van der Waals surface area contributed by atoms with E-state index in [1.807, 2.05) is 0 Å². The fourth-order valence-corrected chi connectivity index (χ4v) is 2.45. The van der Waals surface area contributed by atoms with Crippen LogP contribution in [0.4, 0.5) is 0 Å². The lowest BCUT2D eigenvalue weighted by Gasteiger charge is -2.19. The maximum atomic E-state index is 11.2.